The third kappa shape index (κ3) is 2.32. The molecule has 1 atom stereocenters. The average molecular weight is 186 g/mol. The molecular weight excluding hydrogens is 175 g/mol. The van der Waals surface area contributed by atoms with Gasteiger partial charge < -0.3 is 15.3 Å². The highest BCUT2D eigenvalue weighted by Gasteiger charge is 2.09. The molecule has 3 nitrogen and oxygen atoms in total. The van der Waals surface area contributed by atoms with Crippen LogP contribution in [0.2, 0.25) is 0 Å². The third-order valence-corrected chi connectivity index (χ3v) is 1.66. The Hall–Kier alpha value is -1.29. The molecule has 0 spiro atoms. The summed E-state index contributed by atoms with van der Waals surface area (Å²) in [5.74, 6) is -1.64. The van der Waals surface area contributed by atoms with E-state index in [0.29, 0.717) is 5.56 Å². The number of aliphatic hydroxyl groups is 1. The van der Waals surface area contributed by atoms with Gasteiger partial charge in [0, 0.05) is 18.1 Å². The van der Waals surface area contributed by atoms with Crippen LogP contribution >= 0.6 is 0 Å². The number of hydrogen-bond donors (Lipinski definition) is 3. The van der Waals surface area contributed by atoms with E-state index in [1.807, 2.05) is 0 Å². The first-order valence-corrected chi connectivity index (χ1v) is 3.89. The number of aliphatic hydroxyl groups excluding tert-OH is 1. The van der Waals surface area contributed by atoms with E-state index in [-0.39, 0.29) is 12.2 Å². The molecule has 72 valence electrons. The van der Waals surface area contributed by atoms with E-state index in [0.717, 1.165) is 12.1 Å². The predicted molar refractivity (Wildman–Crippen MR) is 45.1 cm³/mol. The second-order valence-corrected chi connectivity index (χ2v) is 2.99. The summed E-state index contributed by atoms with van der Waals surface area (Å²) in [5, 5.41) is 27.2. The molecule has 1 aromatic carbocycles. The van der Waals surface area contributed by atoms with Crippen LogP contribution in [0.4, 0.5) is 4.39 Å². The number of hydrogen-bond acceptors (Lipinski definition) is 3. The molecule has 1 unspecified atom stereocenters. The fourth-order valence-electron chi connectivity index (χ4n) is 1.08. The summed E-state index contributed by atoms with van der Waals surface area (Å²) in [6.07, 6.45) is -0.463. The van der Waals surface area contributed by atoms with Crippen molar-refractivity contribution in [1.29, 1.82) is 0 Å². The summed E-state index contributed by atoms with van der Waals surface area (Å²) in [7, 11) is 0. The monoisotopic (exact) mass is 186 g/mol. The maximum absolute atomic E-state index is 12.6. The van der Waals surface area contributed by atoms with E-state index in [1.165, 1.54) is 0 Å². The summed E-state index contributed by atoms with van der Waals surface area (Å²) < 4.78 is 12.6. The largest absolute Gasteiger partial charge is 0.508 e. The van der Waals surface area contributed by atoms with Gasteiger partial charge in [0.15, 0.2) is 11.6 Å². The summed E-state index contributed by atoms with van der Waals surface area (Å²) in [5.41, 5.74) is 0.328. The minimum absolute atomic E-state index is 0.180. The van der Waals surface area contributed by atoms with Crippen LogP contribution in [0.1, 0.15) is 12.5 Å². The minimum atomic E-state index is -0.869. The summed E-state index contributed by atoms with van der Waals surface area (Å²) >= 11 is 0. The zero-order chi connectivity index (χ0) is 10.0. The number of rotatable bonds is 2. The van der Waals surface area contributed by atoms with Crippen molar-refractivity contribution in [3.05, 3.63) is 23.5 Å². The first kappa shape index (κ1) is 9.80. The van der Waals surface area contributed by atoms with Gasteiger partial charge in [-0.3, -0.25) is 0 Å². The van der Waals surface area contributed by atoms with Crippen LogP contribution in [-0.2, 0) is 6.42 Å². The molecule has 1 aromatic rings. The fourth-order valence-corrected chi connectivity index (χ4v) is 1.08. The van der Waals surface area contributed by atoms with E-state index in [1.54, 1.807) is 6.92 Å². The van der Waals surface area contributed by atoms with Gasteiger partial charge in [-0.1, -0.05) is 0 Å². The lowest BCUT2D eigenvalue weighted by Gasteiger charge is -2.07. The van der Waals surface area contributed by atoms with Crippen LogP contribution in [0.5, 0.6) is 11.5 Å². The molecular formula is C9H11FO3. The smallest absolute Gasteiger partial charge is 0.168 e. The quantitative estimate of drug-likeness (QED) is 0.607. The van der Waals surface area contributed by atoms with Crippen molar-refractivity contribution in [3.63, 3.8) is 0 Å². The lowest BCUT2D eigenvalue weighted by atomic mass is 10.1. The minimum Gasteiger partial charge on any atom is -0.508 e. The van der Waals surface area contributed by atoms with Gasteiger partial charge in [0.05, 0.1) is 6.10 Å². The highest BCUT2D eigenvalue weighted by Crippen LogP contribution is 2.26. The second kappa shape index (κ2) is 3.62. The normalized spacial score (nSPS) is 12.8. The van der Waals surface area contributed by atoms with Gasteiger partial charge in [-0.25, -0.2) is 4.39 Å². The molecule has 0 fully saturated rings. The molecule has 0 aliphatic heterocycles. The first-order chi connectivity index (χ1) is 6.00. The maximum Gasteiger partial charge on any atom is 0.168 e. The van der Waals surface area contributed by atoms with Crippen LogP contribution < -0.4 is 0 Å². The molecule has 0 aliphatic carbocycles. The predicted octanol–water partition coefficient (Wildman–Crippen LogP) is 1.16. The topological polar surface area (TPSA) is 60.7 Å². The van der Waals surface area contributed by atoms with E-state index in [4.69, 9.17) is 10.2 Å². The van der Waals surface area contributed by atoms with Crippen LogP contribution in [0.3, 0.4) is 0 Å². The van der Waals surface area contributed by atoms with Crippen LogP contribution in [0, 0.1) is 5.82 Å². The molecule has 0 bridgehead atoms. The third-order valence-electron chi connectivity index (χ3n) is 1.66. The lowest BCUT2D eigenvalue weighted by molar-refractivity contribution is 0.194. The zero-order valence-corrected chi connectivity index (χ0v) is 7.16. The van der Waals surface area contributed by atoms with Crippen molar-refractivity contribution < 1.29 is 19.7 Å². The Bertz CT molecular complexity index is 310. The van der Waals surface area contributed by atoms with Gasteiger partial charge in [-0.05, 0) is 13.0 Å². The zero-order valence-electron chi connectivity index (χ0n) is 7.16. The number of benzene rings is 1. The van der Waals surface area contributed by atoms with Gasteiger partial charge in [-0.15, -0.1) is 0 Å². The van der Waals surface area contributed by atoms with Gasteiger partial charge in [-0.2, -0.15) is 0 Å². The molecule has 0 amide bonds. The van der Waals surface area contributed by atoms with E-state index in [2.05, 4.69) is 0 Å². The Morgan fingerprint density at radius 3 is 2.46 bits per heavy atom. The Labute approximate surface area is 75.1 Å². The highest BCUT2D eigenvalue weighted by molar-refractivity contribution is 5.40. The van der Waals surface area contributed by atoms with Crippen molar-refractivity contribution in [1.82, 2.24) is 0 Å². The highest BCUT2D eigenvalue weighted by atomic mass is 19.1. The Kier molecular flexibility index (Phi) is 2.72. The molecule has 3 N–H and O–H groups in total. The number of halogens is 1. The van der Waals surface area contributed by atoms with Crippen LogP contribution in [-0.4, -0.2) is 21.4 Å². The van der Waals surface area contributed by atoms with E-state index in [9.17, 15) is 9.50 Å². The second-order valence-electron chi connectivity index (χ2n) is 2.99. The van der Waals surface area contributed by atoms with E-state index < -0.39 is 17.7 Å². The SMILES string of the molecule is CC(O)Cc1cc(O)c(F)cc1O. The molecule has 0 aromatic heterocycles. The standard InChI is InChI=1S/C9H11FO3/c1-5(11)2-6-3-9(13)7(10)4-8(6)12/h3-5,11-13H,2H2,1H3. The Morgan fingerprint density at radius 2 is 1.92 bits per heavy atom. The molecule has 1 rings (SSSR count). The molecule has 0 saturated heterocycles. The van der Waals surface area contributed by atoms with Crippen molar-refractivity contribution >= 4 is 0 Å². The molecule has 4 heteroatoms. The fraction of sp³-hybridized carbons (Fsp3) is 0.333. The average Bonchev–Trinajstić information content (AvgIpc) is 1.99. The molecule has 0 aliphatic rings. The van der Waals surface area contributed by atoms with Crippen molar-refractivity contribution in [2.45, 2.75) is 19.4 Å². The van der Waals surface area contributed by atoms with Gasteiger partial charge in [0.1, 0.15) is 5.75 Å². The van der Waals surface area contributed by atoms with Crippen molar-refractivity contribution in [2.75, 3.05) is 0 Å². The maximum atomic E-state index is 12.6. The molecule has 0 saturated carbocycles. The number of aromatic hydroxyl groups is 2. The Balaban J connectivity index is 3.01. The summed E-state index contributed by atoms with van der Waals surface area (Å²) in [4.78, 5) is 0. The lowest BCUT2D eigenvalue weighted by Crippen LogP contribution is -2.04. The number of phenolic OH excluding ortho intramolecular Hbond substituents is 2. The van der Waals surface area contributed by atoms with Gasteiger partial charge in [0.25, 0.3) is 0 Å². The van der Waals surface area contributed by atoms with Crippen molar-refractivity contribution in [3.8, 4) is 11.5 Å². The van der Waals surface area contributed by atoms with E-state index >= 15 is 0 Å². The molecule has 0 radical (unpaired) electrons. The molecule has 0 heterocycles. The van der Waals surface area contributed by atoms with Crippen LogP contribution in [0.25, 0.3) is 0 Å². The summed E-state index contributed by atoms with van der Waals surface area (Å²) in [6.45, 7) is 1.54. The van der Waals surface area contributed by atoms with Crippen molar-refractivity contribution in [2.24, 2.45) is 0 Å². The van der Waals surface area contributed by atoms with Gasteiger partial charge in [0.2, 0.25) is 0 Å². The molecule has 13 heavy (non-hydrogen) atoms. The Morgan fingerprint density at radius 1 is 1.31 bits per heavy atom. The summed E-state index contributed by atoms with van der Waals surface area (Å²) in [6, 6.07) is 1.93. The first-order valence-electron chi connectivity index (χ1n) is 3.89. The number of phenols is 2. The van der Waals surface area contributed by atoms with Gasteiger partial charge >= 0.3 is 0 Å². The van der Waals surface area contributed by atoms with Crippen LogP contribution in [0.15, 0.2) is 12.1 Å².